The third-order valence-electron chi connectivity index (χ3n) is 2.65. The number of hydrogen-bond acceptors (Lipinski definition) is 2. The lowest BCUT2D eigenvalue weighted by Gasteiger charge is -2.40. The van der Waals surface area contributed by atoms with Crippen LogP contribution in [0.2, 0.25) is 0 Å². The maximum atomic E-state index is 9.77. The number of aliphatic hydroxyl groups is 1. The van der Waals surface area contributed by atoms with E-state index >= 15 is 0 Å². The number of aliphatic hydroxyl groups excluding tert-OH is 1. The molecule has 2 nitrogen and oxygen atoms in total. The topological polar surface area (TPSA) is 29.5 Å². The Morgan fingerprint density at radius 1 is 1.55 bits per heavy atom. The molecule has 11 heavy (non-hydrogen) atoms. The van der Waals surface area contributed by atoms with Crippen molar-refractivity contribution in [2.45, 2.75) is 45.3 Å². The Labute approximate surface area is 68.6 Å². The van der Waals surface area contributed by atoms with Crippen LogP contribution in [-0.2, 0) is 4.74 Å². The summed E-state index contributed by atoms with van der Waals surface area (Å²) in [7, 11) is 0. The fourth-order valence-corrected chi connectivity index (χ4v) is 1.71. The largest absolute Gasteiger partial charge is 0.390 e. The Morgan fingerprint density at radius 3 is 2.64 bits per heavy atom. The van der Waals surface area contributed by atoms with Gasteiger partial charge in [0.25, 0.3) is 0 Å². The molecular formula is C9H18O2. The van der Waals surface area contributed by atoms with Gasteiger partial charge < -0.3 is 9.84 Å². The Balaban J connectivity index is 2.60. The Morgan fingerprint density at radius 2 is 2.18 bits per heavy atom. The molecule has 2 atom stereocenters. The molecule has 1 rings (SSSR count). The molecule has 0 bridgehead atoms. The lowest BCUT2D eigenvalue weighted by Crippen LogP contribution is -2.48. The third-order valence-corrected chi connectivity index (χ3v) is 2.65. The van der Waals surface area contributed by atoms with Crippen LogP contribution in [0.5, 0.6) is 0 Å². The van der Waals surface area contributed by atoms with Crippen molar-refractivity contribution in [3.63, 3.8) is 0 Å². The lowest BCUT2D eigenvalue weighted by atomic mass is 9.83. The van der Waals surface area contributed by atoms with Gasteiger partial charge in [0.15, 0.2) is 0 Å². The highest BCUT2D eigenvalue weighted by Crippen LogP contribution is 2.30. The third kappa shape index (κ3) is 1.74. The first-order valence-electron chi connectivity index (χ1n) is 4.40. The fourth-order valence-electron chi connectivity index (χ4n) is 1.71. The molecule has 0 aromatic heterocycles. The second-order valence-corrected chi connectivity index (χ2v) is 3.85. The van der Waals surface area contributed by atoms with E-state index in [1.165, 1.54) is 0 Å². The monoisotopic (exact) mass is 158 g/mol. The van der Waals surface area contributed by atoms with Gasteiger partial charge in [0.05, 0.1) is 11.7 Å². The van der Waals surface area contributed by atoms with Gasteiger partial charge in [-0.2, -0.15) is 0 Å². The van der Waals surface area contributed by atoms with E-state index in [1.807, 2.05) is 13.8 Å². The summed E-state index contributed by atoms with van der Waals surface area (Å²) in [5, 5.41) is 9.77. The number of hydrogen-bond donors (Lipinski definition) is 1. The summed E-state index contributed by atoms with van der Waals surface area (Å²) in [4.78, 5) is 0. The maximum absolute atomic E-state index is 9.77. The molecule has 0 saturated carbocycles. The van der Waals surface area contributed by atoms with Crippen LogP contribution < -0.4 is 0 Å². The van der Waals surface area contributed by atoms with E-state index in [0.29, 0.717) is 5.92 Å². The summed E-state index contributed by atoms with van der Waals surface area (Å²) in [6.45, 7) is 6.83. The molecule has 2 unspecified atom stereocenters. The van der Waals surface area contributed by atoms with Crippen LogP contribution >= 0.6 is 0 Å². The average molecular weight is 158 g/mol. The van der Waals surface area contributed by atoms with E-state index in [9.17, 15) is 5.11 Å². The molecule has 1 heterocycles. The van der Waals surface area contributed by atoms with Gasteiger partial charge in [0.2, 0.25) is 0 Å². The van der Waals surface area contributed by atoms with Crippen LogP contribution in [-0.4, -0.2) is 23.4 Å². The molecule has 1 aliphatic rings. The van der Waals surface area contributed by atoms with E-state index in [2.05, 4.69) is 6.92 Å². The molecule has 1 N–H and O–H groups in total. The van der Waals surface area contributed by atoms with E-state index in [0.717, 1.165) is 19.4 Å². The number of ether oxygens (including phenoxy) is 1. The molecular weight excluding hydrogens is 140 g/mol. The predicted octanol–water partition coefficient (Wildman–Crippen LogP) is 1.57. The van der Waals surface area contributed by atoms with Crippen LogP contribution in [0.3, 0.4) is 0 Å². The summed E-state index contributed by atoms with van der Waals surface area (Å²) >= 11 is 0. The summed E-state index contributed by atoms with van der Waals surface area (Å²) in [6.07, 6.45) is 1.76. The summed E-state index contributed by atoms with van der Waals surface area (Å²) in [5.41, 5.74) is -0.334. The second kappa shape index (κ2) is 3.11. The lowest BCUT2D eigenvalue weighted by molar-refractivity contribution is -0.159. The van der Waals surface area contributed by atoms with Crippen molar-refractivity contribution in [3.05, 3.63) is 0 Å². The first-order chi connectivity index (χ1) is 5.08. The van der Waals surface area contributed by atoms with Gasteiger partial charge in [-0.1, -0.05) is 13.3 Å². The zero-order valence-electron chi connectivity index (χ0n) is 7.63. The van der Waals surface area contributed by atoms with Crippen molar-refractivity contribution in [2.24, 2.45) is 5.92 Å². The van der Waals surface area contributed by atoms with Crippen molar-refractivity contribution in [1.82, 2.24) is 0 Å². The molecule has 1 saturated heterocycles. The average Bonchev–Trinajstić information content (AvgIpc) is 1.95. The quantitative estimate of drug-likeness (QED) is 0.627. The van der Waals surface area contributed by atoms with E-state index < -0.39 is 0 Å². The first-order valence-corrected chi connectivity index (χ1v) is 4.40. The normalized spacial score (nSPS) is 37.1. The van der Waals surface area contributed by atoms with Crippen molar-refractivity contribution in [1.29, 1.82) is 0 Å². The van der Waals surface area contributed by atoms with Crippen LogP contribution in [0.25, 0.3) is 0 Å². The SMILES string of the molecule is CCC1CCOC(C)(C)C1O. The van der Waals surface area contributed by atoms with E-state index in [1.54, 1.807) is 0 Å². The van der Waals surface area contributed by atoms with E-state index in [4.69, 9.17) is 4.74 Å². The molecule has 1 fully saturated rings. The highest BCUT2D eigenvalue weighted by molar-refractivity contribution is 4.87. The van der Waals surface area contributed by atoms with Crippen LogP contribution in [0.15, 0.2) is 0 Å². The summed E-state index contributed by atoms with van der Waals surface area (Å²) in [5.74, 6) is 0.429. The first kappa shape index (κ1) is 9.01. The van der Waals surface area contributed by atoms with Crippen LogP contribution in [0, 0.1) is 5.92 Å². The maximum Gasteiger partial charge on any atom is 0.0886 e. The van der Waals surface area contributed by atoms with E-state index in [-0.39, 0.29) is 11.7 Å². The minimum absolute atomic E-state index is 0.291. The smallest absolute Gasteiger partial charge is 0.0886 e. The molecule has 0 aromatic rings. The summed E-state index contributed by atoms with van der Waals surface area (Å²) in [6, 6.07) is 0. The molecule has 0 spiro atoms. The zero-order valence-corrected chi connectivity index (χ0v) is 7.63. The molecule has 1 aliphatic heterocycles. The molecule has 0 radical (unpaired) electrons. The zero-order chi connectivity index (χ0) is 8.48. The van der Waals surface area contributed by atoms with Gasteiger partial charge >= 0.3 is 0 Å². The minimum atomic E-state index is -0.334. The second-order valence-electron chi connectivity index (χ2n) is 3.85. The number of rotatable bonds is 1. The van der Waals surface area contributed by atoms with Crippen molar-refractivity contribution in [3.8, 4) is 0 Å². The fraction of sp³-hybridized carbons (Fsp3) is 1.00. The predicted molar refractivity (Wildman–Crippen MR) is 44.4 cm³/mol. The highest BCUT2D eigenvalue weighted by atomic mass is 16.5. The van der Waals surface area contributed by atoms with Gasteiger partial charge in [0.1, 0.15) is 0 Å². The molecule has 0 aromatic carbocycles. The van der Waals surface area contributed by atoms with Gasteiger partial charge in [-0.3, -0.25) is 0 Å². The Hall–Kier alpha value is -0.0800. The van der Waals surface area contributed by atoms with Crippen molar-refractivity contribution >= 4 is 0 Å². The summed E-state index contributed by atoms with van der Waals surface area (Å²) < 4.78 is 5.46. The molecule has 0 amide bonds. The van der Waals surface area contributed by atoms with Gasteiger partial charge in [-0.05, 0) is 26.2 Å². The van der Waals surface area contributed by atoms with Gasteiger partial charge in [0, 0.05) is 6.61 Å². The Kier molecular flexibility index (Phi) is 2.55. The van der Waals surface area contributed by atoms with Gasteiger partial charge in [-0.25, -0.2) is 0 Å². The minimum Gasteiger partial charge on any atom is -0.390 e. The highest BCUT2D eigenvalue weighted by Gasteiger charge is 2.37. The van der Waals surface area contributed by atoms with Crippen molar-refractivity contribution < 1.29 is 9.84 Å². The van der Waals surface area contributed by atoms with Crippen molar-refractivity contribution in [2.75, 3.05) is 6.61 Å². The molecule has 0 aliphatic carbocycles. The standard InChI is InChI=1S/C9H18O2/c1-4-7-5-6-11-9(2,3)8(7)10/h7-8,10H,4-6H2,1-3H3. The Bertz CT molecular complexity index is 132. The van der Waals surface area contributed by atoms with Crippen LogP contribution in [0.4, 0.5) is 0 Å². The van der Waals surface area contributed by atoms with Crippen LogP contribution in [0.1, 0.15) is 33.6 Å². The van der Waals surface area contributed by atoms with Gasteiger partial charge in [-0.15, -0.1) is 0 Å². The molecule has 2 heteroatoms. The molecule has 66 valence electrons.